The van der Waals surface area contributed by atoms with Gasteiger partial charge in [0.25, 0.3) is 12.1 Å². The van der Waals surface area contributed by atoms with Crippen molar-refractivity contribution in [2.45, 2.75) is 32.7 Å². The number of hydrogen-bond acceptors (Lipinski definition) is 4. The molecule has 37 heavy (non-hydrogen) atoms. The Balaban J connectivity index is 1.40. The van der Waals surface area contributed by atoms with Gasteiger partial charge >= 0.3 is 6.03 Å². The number of pyridine rings is 1. The Labute approximate surface area is 218 Å². The lowest BCUT2D eigenvalue weighted by Crippen LogP contribution is -2.44. The third kappa shape index (κ3) is 4.80. The van der Waals surface area contributed by atoms with Crippen molar-refractivity contribution in [1.29, 1.82) is 0 Å². The predicted molar refractivity (Wildman–Crippen MR) is 135 cm³/mol. The lowest BCUT2D eigenvalue weighted by molar-refractivity contribution is -0.905. The van der Waals surface area contributed by atoms with E-state index >= 15 is 0 Å². The number of amides is 3. The van der Waals surface area contributed by atoms with E-state index in [0.29, 0.717) is 45.9 Å². The predicted octanol–water partition coefficient (Wildman–Crippen LogP) is 5.55. The van der Waals surface area contributed by atoms with Crippen LogP contribution in [0.5, 0.6) is 5.75 Å². The minimum atomic E-state index is -1.07. The van der Waals surface area contributed by atoms with Crippen LogP contribution in [0.2, 0.25) is 5.02 Å². The van der Waals surface area contributed by atoms with Crippen LogP contribution in [0, 0.1) is 19.3 Å². The largest absolute Gasteiger partial charge is 0.494 e. The fourth-order valence-electron chi connectivity index (χ4n) is 4.25. The van der Waals surface area contributed by atoms with Gasteiger partial charge in [0.2, 0.25) is 11.9 Å². The van der Waals surface area contributed by atoms with Crippen molar-refractivity contribution in [2.75, 3.05) is 18.1 Å². The van der Waals surface area contributed by atoms with E-state index in [-0.39, 0.29) is 23.2 Å². The van der Waals surface area contributed by atoms with E-state index in [1.54, 1.807) is 51.1 Å². The van der Waals surface area contributed by atoms with Crippen molar-refractivity contribution in [2.24, 2.45) is 0 Å². The molecule has 0 atom stereocenters. The smallest absolute Gasteiger partial charge is 0.332 e. The molecule has 1 aliphatic rings. The topological polar surface area (TPSA) is 78.3 Å². The summed E-state index contributed by atoms with van der Waals surface area (Å²) in [5, 5.41) is 9.52. The summed E-state index contributed by atoms with van der Waals surface area (Å²) in [7, 11) is 0. The summed E-state index contributed by atoms with van der Waals surface area (Å²) in [6, 6.07) is 10.9. The zero-order valence-electron chi connectivity index (χ0n) is 20.5. The van der Waals surface area contributed by atoms with Gasteiger partial charge in [-0.25, -0.2) is 14.5 Å². The highest BCUT2D eigenvalue weighted by Crippen LogP contribution is 2.39. The third-order valence-corrected chi connectivity index (χ3v) is 6.86. The first-order valence-electron chi connectivity index (χ1n) is 11.5. The molecular formula is C27H25ClFN4O4+. The molecular weight excluding hydrogens is 499 g/mol. The van der Waals surface area contributed by atoms with Crippen LogP contribution in [-0.4, -0.2) is 40.7 Å². The highest BCUT2D eigenvalue weighted by Gasteiger charge is 2.51. The van der Waals surface area contributed by atoms with Crippen molar-refractivity contribution in [3.63, 3.8) is 0 Å². The lowest BCUT2D eigenvalue weighted by atomic mass is 10.0. The summed E-state index contributed by atoms with van der Waals surface area (Å²) in [4.78, 5) is 32.5. The zero-order chi connectivity index (χ0) is 26.9. The molecule has 1 aromatic heterocycles. The first-order valence-corrected chi connectivity index (χ1v) is 11.9. The van der Waals surface area contributed by atoms with Gasteiger partial charge in [0, 0.05) is 22.9 Å². The van der Waals surface area contributed by atoms with Crippen LogP contribution < -0.4 is 14.4 Å². The van der Waals surface area contributed by atoms with E-state index in [1.165, 1.54) is 23.2 Å². The molecule has 0 radical (unpaired) electrons. The van der Waals surface area contributed by atoms with Gasteiger partial charge in [0.05, 0.1) is 23.9 Å². The Morgan fingerprint density at radius 2 is 1.86 bits per heavy atom. The number of ether oxygens (including phenoxy) is 1. The number of hydrogen-bond donors (Lipinski definition) is 1. The Morgan fingerprint density at radius 3 is 2.51 bits per heavy atom. The average Bonchev–Trinajstić information content (AvgIpc) is 3.03. The lowest BCUT2D eigenvalue weighted by Gasteiger charge is -2.27. The highest BCUT2D eigenvalue weighted by atomic mass is 35.5. The quantitative estimate of drug-likeness (QED) is 0.145. The van der Waals surface area contributed by atoms with Crippen molar-refractivity contribution < 1.29 is 28.7 Å². The molecule has 10 heteroatoms. The van der Waals surface area contributed by atoms with Gasteiger partial charge in [0.15, 0.2) is 5.82 Å². The molecule has 2 aromatic carbocycles. The van der Waals surface area contributed by atoms with Crippen LogP contribution in [0.3, 0.4) is 0 Å². The summed E-state index contributed by atoms with van der Waals surface area (Å²) < 4.78 is 20.5. The maximum Gasteiger partial charge on any atom is 0.332 e. The second kappa shape index (κ2) is 10.1. The minimum Gasteiger partial charge on any atom is -0.494 e. The molecule has 0 spiro atoms. The first-order chi connectivity index (χ1) is 17.6. The maximum absolute atomic E-state index is 14.1. The zero-order valence-corrected chi connectivity index (χ0v) is 21.3. The number of carbonyl (C=O) groups excluding carboxylic acids is 2. The Bertz CT molecular complexity index is 1420. The number of carbonyl (C=O) groups is 2. The van der Waals surface area contributed by atoms with Gasteiger partial charge in [-0.15, -0.1) is 0 Å². The van der Waals surface area contributed by atoms with E-state index < -0.39 is 17.4 Å². The van der Waals surface area contributed by atoms with Crippen LogP contribution >= 0.6 is 11.6 Å². The second-order valence-electron chi connectivity index (χ2n) is 9.10. The van der Waals surface area contributed by atoms with Crippen LogP contribution in [0.1, 0.15) is 25.8 Å². The van der Waals surface area contributed by atoms with Gasteiger partial charge in [-0.2, -0.15) is 4.39 Å². The van der Waals surface area contributed by atoms with Crippen LogP contribution in [0.4, 0.5) is 20.6 Å². The standard InChI is InChI=1S/C27H25ClFN4O4/c1-17-23(11-10-22(30-4)24(17)28)33-25(34)27(2,3)32(26(33)35)13-5-15-37-19-8-6-18(7-9-19)20-12-14-31(36)16-21(20)29/h6-12,14,16,36H,5,13,15H2,1-3H3/q+1. The molecule has 2 heterocycles. The highest BCUT2D eigenvalue weighted by molar-refractivity contribution is 6.35. The molecule has 0 unspecified atom stereocenters. The van der Waals surface area contributed by atoms with Crippen molar-refractivity contribution in [1.82, 2.24) is 4.90 Å². The summed E-state index contributed by atoms with van der Waals surface area (Å²) in [5.41, 5.74) is 1.03. The van der Waals surface area contributed by atoms with Gasteiger partial charge in [-0.05, 0) is 56.5 Å². The number of nitrogens with zero attached hydrogens (tertiary/aromatic N) is 4. The summed E-state index contributed by atoms with van der Waals surface area (Å²) >= 11 is 6.28. The summed E-state index contributed by atoms with van der Waals surface area (Å²) in [6.45, 7) is 12.8. The number of halogens is 2. The number of anilines is 1. The number of urea groups is 1. The second-order valence-corrected chi connectivity index (χ2v) is 9.48. The Hall–Kier alpha value is -4.16. The SMILES string of the molecule is [C-]#[N+]c1ccc(N2C(=O)N(CCCOc3ccc(-c4cc[n+](O)cc4F)cc3)C(C)(C)C2=O)c(C)c1Cl. The Kier molecular flexibility index (Phi) is 7.05. The molecule has 3 aromatic rings. The maximum atomic E-state index is 14.1. The summed E-state index contributed by atoms with van der Waals surface area (Å²) in [6.07, 6.45) is 2.79. The van der Waals surface area contributed by atoms with Crippen molar-refractivity contribution in [3.05, 3.63) is 82.7 Å². The molecule has 1 aliphatic heterocycles. The fraction of sp³-hybridized carbons (Fsp3) is 0.259. The van der Waals surface area contributed by atoms with Gasteiger partial charge in [-0.1, -0.05) is 29.8 Å². The molecule has 0 saturated carbocycles. The fourth-order valence-corrected chi connectivity index (χ4v) is 4.45. The third-order valence-electron chi connectivity index (χ3n) is 6.38. The van der Waals surface area contributed by atoms with Crippen molar-refractivity contribution in [3.8, 4) is 16.9 Å². The molecule has 3 amide bonds. The first kappa shape index (κ1) is 25.9. The summed E-state index contributed by atoms with van der Waals surface area (Å²) in [5.74, 6) is -0.351. The number of imide groups is 1. The molecule has 0 aliphatic carbocycles. The number of rotatable bonds is 7. The van der Waals surface area contributed by atoms with Crippen molar-refractivity contribution >= 4 is 34.9 Å². The minimum absolute atomic E-state index is 0.218. The van der Waals surface area contributed by atoms with E-state index in [1.807, 2.05) is 0 Å². The Morgan fingerprint density at radius 1 is 1.16 bits per heavy atom. The van der Waals surface area contributed by atoms with E-state index in [4.69, 9.17) is 22.9 Å². The van der Waals surface area contributed by atoms with E-state index in [2.05, 4.69) is 4.85 Å². The van der Waals surface area contributed by atoms with Gasteiger partial charge < -0.3 is 9.64 Å². The molecule has 1 fully saturated rings. The molecule has 190 valence electrons. The molecule has 0 bridgehead atoms. The van der Waals surface area contributed by atoms with Crippen LogP contribution in [0.15, 0.2) is 54.9 Å². The average molecular weight is 524 g/mol. The molecule has 1 N–H and O–H groups in total. The normalized spacial score (nSPS) is 14.7. The van der Waals surface area contributed by atoms with Gasteiger partial charge in [0.1, 0.15) is 11.3 Å². The van der Waals surface area contributed by atoms with Crippen LogP contribution in [0.25, 0.3) is 16.0 Å². The molecule has 8 nitrogen and oxygen atoms in total. The van der Waals surface area contributed by atoms with Crippen LogP contribution in [-0.2, 0) is 4.79 Å². The molecule has 1 saturated heterocycles. The van der Waals surface area contributed by atoms with Gasteiger partial charge in [-0.3, -0.25) is 10.0 Å². The van der Waals surface area contributed by atoms with E-state index in [0.717, 1.165) is 11.1 Å². The molecule has 4 rings (SSSR count). The number of benzene rings is 2. The monoisotopic (exact) mass is 523 g/mol. The number of aromatic nitrogens is 1. The van der Waals surface area contributed by atoms with E-state index in [9.17, 15) is 19.2 Å².